The molecular weight excluding hydrogens is 403 g/mol. The first-order valence-corrected chi connectivity index (χ1v) is 9.01. The number of fused-ring (bicyclic) bond motifs is 1. The number of esters is 1. The summed E-state index contributed by atoms with van der Waals surface area (Å²) in [4.78, 5) is 26.9. The van der Waals surface area contributed by atoms with Crippen molar-refractivity contribution in [2.75, 3.05) is 6.61 Å². The summed E-state index contributed by atoms with van der Waals surface area (Å²) in [5.74, 6) is -0.880. The number of benzene rings is 1. The molecule has 0 unspecified atom stereocenters. The number of ether oxygens (including phenoxy) is 2. The number of carbonyl (C=O) groups excluding carboxylic acids is 2. The SMILES string of the molecule is C[C@](N)(Cc1c[nH]c2ccccc12)C(=O)OC(=O)OCCCC(Cl)(Cl)Cl. The van der Waals surface area contributed by atoms with E-state index in [1.807, 2.05) is 24.3 Å². The van der Waals surface area contributed by atoms with Crippen LogP contribution in [0.1, 0.15) is 25.3 Å². The molecule has 0 aliphatic heterocycles. The molecule has 9 heteroatoms. The van der Waals surface area contributed by atoms with E-state index in [1.54, 1.807) is 6.20 Å². The van der Waals surface area contributed by atoms with Crippen LogP contribution in [0, 0.1) is 0 Å². The Hall–Kier alpha value is -1.47. The molecule has 1 aromatic carbocycles. The third kappa shape index (κ3) is 6.06. The predicted octanol–water partition coefficient (Wildman–Crippen LogP) is 4.26. The largest absolute Gasteiger partial charge is 0.516 e. The maximum absolute atomic E-state index is 12.2. The first-order valence-electron chi connectivity index (χ1n) is 7.88. The molecule has 1 aromatic heterocycles. The summed E-state index contributed by atoms with van der Waals surface area (Å²) in [6, 6.07) is 7.62. The number of nitrogens with one attached hydrogen (secondary N) is 1. The fourth-order valence-corrected chi connectivity index (χ4v) is 2.80. The van der Waals surface area contributed by atoms with Crippen molar-refractivity contribution in [2.45, 2.75) is 35.5 Å². The molecule has 0 saturated heterocycles. The van der Waals surface area contributed by atoms with Crippen molar-refractivity contribution in [3.05, 3.63) is 36.0 Å². The molecule has 26 heavy (non-hydrogen) atoms. The second-order valence-corrected chi connectivity index (χ2v) is 8.68. The minimum Gasteiger partial charge on any atom is -0.434 e. The average molecular weight is 422 g/mol. The maximum Gasteiger partial charge on any atom is 0.516 e. The smallest absolute Gasteiger partial charge is 0.434 e. The van der Waals surface area contributed by atoms with Crippen molar-refractivity contribution in [1.82, 2.24) is 4.98 Å². The zero-order valence-electron chi connectivity index (χ0n) is 14.1. The van der Waals surface area contributed by atoms with Crippen LogP contribution in [0.5, 0.6) is 0 Å². The second-order valence-electron chi connectivity index (χ2n) is 6.16. The molecule has 0 aliphatic carbocycles. The van der Waals surface area contributed by atoms with Crippen LogP contribution in [0.25, 0.3) is 10.9 Å². The lowest BCUT2D eigenvalue weighted by Crippen LogP contribution is -2.48. The molecule has 3 N–H and O–H groups in total. The third-order valence-corrected chi connectivity index (χ3v) is 4.27. The van der Waals surface area contributed by atoms with E-state index in [4.69, 9.17) is 45.3 Å². The van der Waals surface area contributed by atoms with Gasteiger partial charge in [-0.15, -0.1) is 0 Å². The van der Waals surface area contributed by atoms with Gasteiger partial charge < -0.3 is 20.2 Å². The number of alkyl halides is 3. The van der Waals surface area contributed by atoms with Gasteiger partial charge >= 0.3 is 12.1 Å². The number of para-hydroxylation sites is 1. The van der Waals surface area contributed by atoms with Crippen molar-refractivity contribution in [2.24, 2.45) is 5.73 Å². The molecule has 0 radical (unpaired) electrons. The molecule has 0 fully saturated rings. The van der Waals surface area contributed by atoms with E-state index in [0.29, 0.717) is 6.42 Å². The highest BCUT2D eigenvalue weighted by molar-refractivity contribution is 6.67. The summed E-state index contributed by atoms with van der Waals surface area (Å²) in [6.45, 7) is 1.46. The van der Waals surface area contributed by atoms with E-state index < -0.39 is 21.5 Å². The summed E-state index contributed by atoms with van der Waals surface area (Å²) in [5, 5.41) is 0.950. The summed E-state index contributed by atoms with van der Waals surface area (Å²) < 4.78 is 8.04. The van der Waals surface area contributed by atoms with Crippen molar-refractivity contribution in [1.29, 1.82) is 0 Å². The Balaban J connectivity index is 1.88. The van der Waals surface area contributed by atoms with Gasteiger partial charge in [-0.05, 0) is 31.4 Å². The predicted molar refractivity (Wildman–Crippen MR) is 102 cm³/mol. The van der Waals surface area contributed by atoms with Gasteiger partial charge in [-0.3, -0.25) is 0 Å². The Kier molecular flexibility index (Phi) is 6.80. The monoisotopic (exact) mass is 420 g/mol. The van der Waals surface area contributed by atoms with Gasteiger partial charge in [0.05, 0.1) is 6.61 Å². The van der Waals surface area contributed by atoms with Gasteiger partial charge in [-0.2, -0.15) is 0 Å². The number of hydrogen-bond acceptors (Lipinski definition) is 5. The van der Waals surface area contributed by atoms with Crippen molar-refractivity contribution < 1.29 is 19.1 Å². The van der Waals surface area contributed by atoms with Crippen LogP contribution in [0.3, 0.4) is 0 Å². The van der Waals surface area contributed by atoms with E-state index in [-0.39, 0.29) is 19.4 Å². The minimum atomic E-state index is -1.42. The number of carbonyl (C=O) groups is 2. The molecule has 1 heterocycles. The third-order valence-electron chi connectivity index (χ3n) is 3.70. The molecule has 6 nitrogen and oxygen atoms in total. The molecule has 1 atom stereocenters. The number of nitrogens with two attached hydrogens (primary N) is 1. The van der Waals surface area contributed by atoms with Gasteiger partial charge in [0.1, 0.15) is 5.54 Å². The van der Waals surface area contributed by atoms with Gasteiger partial charge in [-0.1, -0.05) is 53.0 Å². The van der Waals surface area contributed by atoms with Gasteiger partial charge in [0.15, 0.2) is 3.79 Å². The number of aromatic nitrogens is 1. The quantitative estimate of drug-likeness (QED) is 0.314. The van der Waals surface area contributed by atoms with E-state index in [2.05, 4.69) is 9.72 Å². The molecule has 0 aliphatic rings. The first-order chi connectivity index (χ1) is 12.1. The lowest BCUT2D eigenvalue weighted by molar-refractivity contribution is -0.145. The molecule has 0 amide bonds. The normalized spacial score (nSPS) is 14.0. The number of aromatic amines is 1. The van der Waals surface area contributed by atoms with Crippen molar-refractivity contribution in [3.63, 3.8) is 0 Å². The first kappa shape index (κ1) is 20.8. The Morgan fingerprint density at radius 1 is 1.23 bits per heavy atom. The van der Waals surface area contributed by atoms with Gasteiger partial charge in [0.25, 0.3) is 0 Å². The highest BCUT2D eigenvalue weighted by atomic mass is 35.6. The fourth-order valence-electron chi connectivity index (χ4n) is 2.40. The minimum absolute atomic E-state index is 0.0379. The summed E-state index contributed by atoms with van der Waals surface area (Å²) in [6.07, 6.45) is 1.35. The van der Waals surface area contributed by atoms with E-state index >= 15 is 0 Å². The molecule has 2 aromatic rings. The highest BCUT2D eigenvalue weighted by Gasteiger charge is 2.33. The summed E-state index contributed by atoms with van der Waals surface area (Å²) in [5.41, 5.74) is 6.43. The Labute approximate surface area is 165 Å². The Morgan fingerprint density at radius 3 is 2.62 bits per heavy atom. The van der Waals surface area contributed by atoms with Gasteiger partial charge in [0.2, 0.25) is 0 Å². The standard InChI is InChI=1S/C17H19Cl3N2O4/c1-16(21,9-11-10-22-13-6-3-2-5-12(11)13)14(23)26-15(24)25-8-4-7-17(18,19)20/h2-3,5-6,10,22H,4,7-9,21H2,1H3/t16-/m0/s1. The van der Waals surface area contributed by atoms with E-state index in [9.17, 15) is 9.59 Å². The molecule has 0 saturated carbocycles. The van der Waals surface area contributed by atoms with Crippen LogP contribution in [-0.4, -0.2) is 33.0 Å². The second kappa shape index (κ2) is 8.48. The number of hydrogen-bond donors (Lipinski definition) is 2. The maximum atomic E-state index is 12.2. The molecule has 2 rings (SSSR count). The molecule has 0 bridgehead atoms. The zero-order chi connectivity index (χ0) is 19.4. The Morgan fingerprint density at radius 2 is 1.92 bits per heavy atom. The average Bonchev–Trinajstić information content (AvgIpc) is 2.93. The van der Waals surface area contributed by atoms with Gasteiger partial charge in [-0.25, -0.2) is 9.59 Å². The van der Waals surface area contributed by atoms with Crippen molar-refractivity contribution >= 4 is 57.8 Å². The van der Waals surface area contributed by atoms with Crippen molar-refractivity contribution in [3.8, 4) is 0 Å². The van der Waals surface area contributed by atoms with Crippen LogP contribution in [0.2, 0.25) is 0 Å². The van der Waals surface area contributed by atoms with Crippen LogP contribution >= 0.6 is 34.8 Å². The van der Waals surface area contributed by atoms with Crippen LogP contribution in [0.15, 0.2) is 30.5 Å². The fraction of sp³-hybridized carbons (Fsp3) is 0.412. The van der Waals surface area contributed by atoms with Crippen LogP contribution in [-0.2, 0) is 20.7 Å². The zero-order valence-corrected chi connectivity index (χ0v) is 16.3. The summed E-state index contributed by atoms with van der Waals surface area (Å²) >= 11 is 16.8. The number of halogens is 3. The van der Waals surface area contributed by atoms with Gasteiger partial charge in [0, 0.05) is 23.5 Å². The van der Waals surface area contributed by atoms with E-state index in [0.717, 1.165) is 16.5 Å². The van der Waals surface area contributed by atoms with Crippen LogP contribution < -0.4 is 5.73 Å². The Bertz CT molecular complexity index is 784. The lowest BCUT2D eigenvalue weighted by Gasteiger charge is -2.21. The number of rotatable bonds is 6. The lowest BCUT2D eigenvalue weighted by atomic mass is 9.94. The molecule has 0 spiro atoms. The van der Waals surface area contributed by atoms with E-state index in [1.165, 1.54) is 6.92 Å². The molecular formula is C17H19Cl3N2O4. The topological polar surface area (TPSA) is 94.4 Å². The summed E-state index contributed by atoms with van der Waals surface area (Å²) in [7, 11) is 0. The molecule has 142 valence electrons. The number of H-pyrrole nitrogens is 1. The van der Waals surface area contributed by atoms with Crippen LogP contribution in [0.4, 0.5) is 4.79 Å². The highest BCUT2D eigenvalue weighted by Crippen LogP contribution is 2.31.